The van der Waals surface area contributed by atoms with Crippen LogP contribution in [0.3, 0.4) is 0 Å². The molecule has 1 aliphatic heterocycles. The van der Waals surface area contributed by atoms with E-state index in [1.807, 2.05) is 11.4 Å². The Morgan fingerprint density at radius 3 is 2.83 bits per heavy atom. The zero-order valence-corrected chi connectivity index (χ0v) is 17.8. The van der Waals surface area contributed by atoms with Gasteiger partial charge in [0.1, 0.15) is 0 Å². The first-order valence-electron chi connectivity index (χ1n) is 9.92. The van der Waals surface area contributed by atoms with Crippen LogP contribution in [-0.4, -0.2) is 73.3 Å². The number of amides is 3. The molecular weight excluding hydrogens is 394 g/mol. The topological polar surface area (TPSA) is 96.0 Å². The lowest BCUT2D eigenvalue weighted by Gasteiger charge is -2.32. The van der Waals surface area contributed by atoms with Crippen molar-refractivity contribution in [2.75, 3.05) is 39.8 Å². The molecule has 160 valence electrons. The fourth-order valence-electron chi connectivity index (χ4n) is 3.17. The Bertz CT molecular complexity index is 707. The molecule has 0 radical (unpaired) electrons. The van der Waals surface area contributed by atoms with Gasteiger partial charge in [-0.15, -0.1) is 11.3 Å². The van der Waals surface area contributed by atoms with Gasteiger partial charge in [-0.2, -0.15) is 0 Å². The van der Waals surface area contributed by atoms with Crippen LogP contribution in [0.25, 0.3) is 0 Å². The van der Waals surface area contributed by atoms with Crippen molar-refractivity contribution in [2.45, 2.75) is 32.6 Å². The van der Waals surface area contributed by atoms with Gasteiger partial charge in [0.05, 0.1) is 23.9 Å². The van der Waals surface area contributed by atoms with Crippen molar-refractivity contribution in [3.05, 3.63) is 22.4 Å². The third kappa shape index (κ3) is 7.16. The average Bonchev–Trinajstić information content (AvgIpc) is 3.26. The Kier molecular flexibility index (Phi) is 9.11. The van der Waals surface area contributed by atoms with Crippen molar-refractivity contribution in [1.29, 1.82) is 0 Å². The highest BCUT2D eigenvalue weighted by molar-refractivity contribution is 7.12. The number of hydrogen-bond donors (Lipinski definition) is 1. The molecule has 0 bridgehead atoms. The summed E-state index contributed by atoms with van der Waals surface area (Å²) in [5.41, 5.74) is 0. The first-order chi connectivity index (χ1) is 13.9. The molecule has 29 heavy (non-hydrogen) atoms. The van der Waals surface area contributed by atoms with E-state index in [1.165, 1.54) is 16.2 Å². The summed E-state index contributed by atoms with van der Waals surface area (Å²) in [4.78, 5) is 52.2. The van der Waals surface area contributed by atoms with Crippen molar-refractivity contribution in [3.63, 3.8) is 0 Å². The number of nitrogens with one attached hydrogen (secondary N) is 1. The number of nitrogens with zero attached hydrogens (tertiary/aromatic N) is 2. The minimum atomic E-state index is -0.291. The second-order valence-corrected chi connectivity index (χ2v) is 7.97. The number of piperidine rings is 1. The number of thiophene rings is 1. The molecule has 1 unspecified atom stereocenters. The highest BCUT2D eigenvalue weighted by Crippen LogP contribution is 2.18. The van der Waals surface area contributed by atoms with Gasteiger partial charge in [-0.3, -0.25) is 19.2 Å². The molecule has 2 rings (SSSR count). The third-order valence-electron chi connectivity index (χ3n) is 4.79. The molecule has 9 heteroatoms. The fraction of sp³-hybridized carbons (Fsp3) is 0.600. The van der Waals surface area contributed by atoms with E-state index < -0.39 is 0 Å². The van der Waals surface area contributed by atoms with Gasteiger partial charge in [0, 0.05) is 33.1 Å². The summed E-state index contributed by atoms with van der Waals surface area (Å²) in [6.07, 6.45) is 2.22. The quantitative estimate of drug-likeness (QED) is 0.480. The van der Waals surface area contributed by atoms with E-state index in [2.05, 4.69) is 5.32 Å². The summed E-state index contributed by atoms with van der Waals surface area (Å²) < 4.78 is 5.05. The lowest BCUT2D eigenvalue weighted by molar-refractivity contribution is -0.152. The van der Waals surface area contributed by atoms with Gasteiger partial charge in [-0.05, 0) is 37.6 Å². The smallest absolute Gasteiger partial charge is 0.310 e. The van der Waals surface area contributed by atoms with Crippen LogP contribution in [0.2, 0.25) is 0 Å². The van der Waals surface area contributed by atoms with E-state index >= 15 is 0 Å². The van der Waals surface area contributed by atoms with Crippen LogP contribution in [-0.2, 0) is 19.1 Å². The standard InChI is InChI=1S/C20H29N3O5S/c1-3-28-20(27)15-7-5-11-23(13-15)18(25)14-22(2)17(24)9-4-10-21-19(26)16-8-6-12-29-16/h6,8,12,15H,3-5,7,9-11,13-14H2,1-2H3,(H,21,26). The van der Waals surface area contributed by atoms with Crippen molar-refractivity contribution in [2.24, 2.45) is 5.92 Å². The Labute approximate surface area is 175 Å². The number of carbonyl (C=O) groups excluding carboxylic acids is 4. The summed E-state index contributed by atoms with van der Waals surface area (Å²) in [7, 11) is 1.59. The minimum Gasteiger partial charge on any atom is -0.466 e. The van der Waals surface area contributed by atoms with Gasteiger partial charge in [0.2, 0.25) is 11.8 Å². The predicted molar refractivity (Wildman–Crippen MR) is 109 cm³/mol. The van der Waals surface area contributed by atoms with Crippen molar-refractivity contribution in [1.82, 2.24) is 15.1 Å². The van der Waals surface area contributed by atoms with E-state index in [-0.39, 0.29) is 42.6 Å². The third-order valence-corrected chi connectivity index (χ3v) is 5.66. The summed E-state index contributed by atoms with van der Waals surface area (Å²) in [6.45, 7) is 3.40. The van der Waals surface area contributed by atoms with E-state index in [0.29, 0.717) is 44.0 Å². The van der Waals surface area contributed by atoms with Crippen LogP contribution in [0, 0.1) is 5.92 Å². The summed E-state index contributed by atoms with van der Waals surface area (Å²) in [5, 5.41) is 4.61. The SMILES string of the molecule is CCOC(=O)C1CCCN(C(=O)CN(C)C(=O)CCCNC(=O)c2cccs2)C1. The Morgan fingerprint density at radius 2 is 2.14 bits per heavy atom. The Morgan fingerprint density at radius 1 is 1.34 bits per heavy atom. The van der Waals surface area contributed by atoms with Crippen LogP contribution < -0.4 is 5.32 Å². The zero-order valence-electron chi connectivity index (χ0n) is 17.0. The lowest BCUT2D eigenvalue weighted by Crippen LogP contribution is -2.47. The molecule has 0 spiro atoms. The first-order valence-corrected chi connectivity index (χ1v) is 10.8. The molecule has 0 aliphatic carbocycles. The van der Waals surface area contributed by atoms with Crippen molar-refractivity contribution in [3.8, 4) is 0 Å². The molecular formula is C20H29N3O5S. The Hall–Kier alpha value is -2.42. The molecule has 3 amide bonds. The molecule has 0 aromatic carbocycles. The highest BCUT2D eigenvalue weighted by Gasteiger charge is 2.30. The molecule has 1 atom stereocenters. The maximum Gasteiger partial charge on any atom is 0.310 e. The average molecular weight is 424 g/mol. The minimum absolute atomic E-state index is 0.0179. The van der Waals surface area contributed by atoms with Crippen LogP contribution in [0.1, 0.15) is 42.3 Å². The van der Waals surface area contributed by atoms with E-state index in [4.69, 9.17) is 4.74 Å². The normalized spacial score (nSPS) is 16.2. The van der Waals surface area contributed by atoms with Crippen LogP contribution in [0.5, 0.6) is 0 Å². The van der Waals surface area contributed by atoms with Gasteiger partial charge in [-0.25, -0.2) is 0 Å². The molecule has 1 N–H and O–H groups in total. The largest absolute Gasteiger partial charge is 0.466 e. The van der Waals surface area contributed by atoms with Gasteiger partial charge >= 0.3 is 5.97 Å². The molecule has 2 heterocycles. The molecule has 1 aliphatic rings. The molecule has 1 aromatic rings. The van der Waals surface area contributed by atoms with Gasteiger partial charge < -0.3 is 19.9 Å². The van der Waals surface area contributed by atoms with E-state index in [0.717, 1.165) is 6.42 Å². The monoisotopic (exact) mass is 423 g/mol. The summed E-state index contributed by atoms with van der Waals surface area (Å²) in [5.74, 6) is -1.01. The van der Waals surface area contributed by atoms with Crippen molar-refractivity contribution < 1.29 is 23.9 Å². The van der Waals surface area contributed by atoms with E-state index in [1.54, 1.807) is 24.9 Å². The number of likely N-dealkylation sites (N-methyl/N-ethyl adjacent to an activating group) is 1. The second-order valence-electron chi connectivity index (χ2n) is 7.02. The molecule has 1 aromatic heterocycles. The maximum atomic E-state index is 12.5. The lowest BCUT2D eigenvalue weighted by atomic mass is 9.98. The first kappa shape index (κ1) is 22.9. The number of esters is 1. The van der Waals surface area contributed by atoms with E-state index in [9.17, 15) is 19.2 Å². The second kappa shape index (κ2) is 11.5. The van der Waals surface area contributed by atoms with Gasteiger partial charge in [0.25, 0.3) is 5.91 Å². The van der Waals surface area contributed by atoms with Crippen LogP contribution >= 0.6 is 11.3 Å². The number of hydrogen-bond acceptors (Lipinski definition) is 6. The van der Waals surface area contributed by atoms with Crippen molar-refractivity contribution >= 4 is 35.0 Å². The van der Waals surface area contributed by atoms with Gasteiger partial charge in [-0.1, -0.05) is 6.07 Å². The number of ether oxygens (including phenoxy) is 1. The predicted octanol–water partition coefficient (Wildman–Crippen LogP) is 1.52. The Balaban J connectivity index is 1.69. The molecule has 0 saturated carbocycles. The summed E-state index contributed by atoms with van der Waals surface area (Å²) in [6, 6.07) is 3.56. The van der Waals surface area contributed by atoms with Gasteiger partial charge in [0.15, 0.2) is 0 Å². The molecule has 1 saturated heterocycles. The summed E-state index contributed by atoms with van der Waals surface area (Å²) >= 11 is 1.37. The van der Waals surface area contributed by atoms with Crippen LogP contribution in [0.15, 0.2) is 17.5 Å². The maximum absolute atomic E-state index is 12.5. The fourth-order valence-corrected chi connectivity index (χ4v) is 3.81. The molecule has 1 fully saturated rings. The van der Waals surface area contributed by atoms with Crippen LogP contribution in [0.4, 0.5) is 0 Å². The number of rotatable bonds is 9. The highest BCUT2D eigenvalue weighted by atomic mass is 32.1. The zero-order chi connectivity index (χ0) is 21.2. The number of likely N-dealkylation sites (tertiary alicyclic amines) is 1. The molecule has 8 nitrogen and oxygen atoms in total. The number of carbonyl (C=O) groups is 4.